The van der Waals surface area contributed by atoms with E-state index in [1.165, 1.54) is 0 Å². The molecule has 1 amide bonds. The number of benzodiazepines with no additional fused rings is 1. The Morgan fingerprint density at radius 2 is 1.71 bits per heavy atom. The van der Waals surface area contributed by atoms with Crippen LogP contribution in [0.2, 0.25) is 0 Å². The highest BCUT2D eigenvalue weighted by Gasteiger charge is 2.26. The first-order valence-corrected chi connectivity index (χ1v) is 9.23. The van der Waals surface area contributed by atoms with Gasteiger partial charge in [0.25, 0.3) is 0 Å². The lowest BCUT2D eigenvalue weighted by Crippen LogP contribution is -2.37. The summed E-state index contributed by atoms with van der Waals surface area (Å²) < 4.78 is 0. The SMILES string of the molecule is Cc1cccc(C(=O)CN2C(=O)CN=C(c3ccccc3)c3ccccc32)c1. The van der Waals surface area contributed by atoms with E-state index in [1.807, 2.05) is 79.7 Å². The van der Waals surface area contributed by atoms with E-state index in [0.29, 0.717) is 11.3 Å². The lowest BCUT2D eigenvalue weighted by atomic mass is 10.00. The number of benzene rings is 3. The minimum Gasteiger partial charge on any atom is -0.302 e. The number of aliphatic imine (C=N–C) groups is 1. The summed E-state index contributed by atoms with van der Waals surface area (Å²) in [5.74, 6) is -0.269. The van der Waals surface area contributed by atoms with Crippen molar-refractivity contribution in [3.63, 3.8) is 0 Å². The number of carbonyl (C=O) groups excluding carboxylic acids is 2. The van der Waals surface area contributed by atoms with Crippen molar-refractivity contribution in [2.75, 3.05) is 18.0 Å². The third-order valence-corrected chi connectivity index (χ3v) is 4.81. The van der Waals surface area contributed by atoms with Crippen molar-refractivity contribution in [3.05, 3.63) is 101 Å². The van der Waals surface area contributed by atoms with Crippen LogP contribution in [0, 0.1) is 6.92 Å². The van der Waals surface area contributed by atoms with Gasteiger partial charge in [0, 0.05) is 16.7 Å². The van der Waals surface area contributed by atoms with Crippen LogP contribution in [0.3, 0.4) is 0 Å². The summed E-state index contributed by atoms with van der Waals surface area (Å²) in [5.41, 5.74) is 4.93. The van der Waals surface area contributed by atoms with E-state index in [-0.39, 0.29) is 24.8 Å². The van der Waals surface area contributed by atoms with Crippen molar-refractivity contribution in [2.24, 2.45) is 4.99 Å². The summed E-state index contributed by atoms with van der Waals surface area (Å²) in [6.07, 6.45) is 0. The largest absolute Gasteiger partial charge is 0.302 e. The normalized spacial score (nSPS) is 13.5. The van der Waals surface area contributed by atoms with Crippen molar-refractivity contribution in [3.8, 4) is 0 Å². The maximum atomic E-state index is 12.9. The second-order valence-corrected chi connectivity index (χ2v) is 6.82. The summed E-state index contributed by atoms with van der Waals surface area (Å²) in [6, 6.07) is 24.9. The van der Waals surface area contributed by atoms with Crippen molar-refractivity contribution in [2.45, 2.75) is 6.92 Å². The zero-order valence-electron chi connectivity index (χ0n) is 15.6. The maximum Gasteiger partial charge on any atom is 0.249 e. The fourth-order valence-corrected chi connectivity index (χ4v) is 3.43. The number of para-hydroxylation sites is 1. The van der Waals surface area contributed by atoms with Gasteiger partial charge in [-0.2, -0.15) is 0 Å². The summed E-state index contributed by atoms with van der Waals surface area (Å²) >= 11 is 0. The molecular formula is C24H20N2O2. The molecule has 0 aromatic heterocycles. The Balaban J connectivity index is 1.72. The van der Waals surface area contributed by atoms with E-state index in [1.54, 1.807) is 11.0 Å². The molecule has 4 rings (SSSR count). The first kappa shape index (κ1) is 17.9. The van der Waals surface area contributed by atoms with Gasteiger partial charge in [-0.1, -0.05) is 72.3 Å². The number of anilines is 1. The van der Waals surface area contributed by atoms with Crippen LogP contribution in [0.4, 0.5) is 5.69 Å². The summed E-state index contributed by atoms with van der Waals surface area (Å²) in [4.78, 5) is 31.8. The summed E-state index contributed by atoms with van der Waals surface area (Å²) in [6.45, 7) is 1.96. The highest BCUT2D eigenvalue weighted by molar-refractivity contribution is 6.20. The monoisotopic (exact) mass is 368 g/mol. The van der Waals surface area contributed by atoms with Crippen LogP contribution < -0.4 is 4.90 Å². The second-order valence-electron chi connectivity index (χ2n) is 6.82. The molecule has 4 heteroatoms. The number of ketones is 1. The number of amides is 1. The van der Waals surface area contributed by atoms with Crippen molar-refractivity contribution in [1.29, 1.82) is 0 Å². The fraction of sp³-hybridized carbons (Fsp3) is 0.125. The molecule has 0 saturated carbocycles. The lowest BCUT2D eigenvalue weighted by Gasteiger charge is -2.22. The highest BCUT2D eigenvalue weighted by Crippen LogP contribution is 2.27. The molecule has 138 valence electrons. The molecule has 0 bridgehead atoms. The summed E-state index contributed by atoms with van der Waals surface area (Å²) in [7, 11) is 0. The van der Waals surface area contributed by atoms with Crippen LogP contribution in [-0.4, -0.2) is 30.5 Å². The first-order valence-electron chi connectivity index (χ1n) is 9.23. The number of hydrogen-bond donors (Lipinski definition) is 0. The van der Waals surface area contributed by atoms with Gasteiger partial charge in [0.05, 0.1) is 17.9 Å². The van der Waals surface area contributed by atoms with E-state index in [0.717, 1.165) is 22.4 Å². The molecule has 28 heavy (non-hydrogen) atoms. The average molecular weight is 368 g/mol. The van der Waals surface area contributed by atoms with Gasteiger partial charge in [0.1, 0.15) is 6.54 Å². The lowest BCUT2D eigenvalue weighted by molar-refractivity contribution is -0.117. The molecule has 1 heterocycles. The molecule has 0 unspecified atom stereocenters. The molecule has 0 radical (unpaired) electrons. The molecule has 0 atom stereocenters. The predicted molar refractivity (Wildman–Crippen MR) is 111 cm³/mol. The van der Waals surface area contributed by atoms with E-state index < -0.39 is 0 Å². The molecule has 1 aliphatic rings. The smallest absolute Gasteiger partial charge is 0.249 e. The van der Waals surface area contributed by atoms with E-state index in [2.05, 4.69) is 4.99 Å². The molecule has 0 aliphatic carbocycles. The molecule has 3 aromatic carbocycles. The van der Waals surface area contributed by atoms with Crippen LogP contribution in [-0.2, 0) is 4.79 Å². The van der Waals surface area contributed by atoms with Crippen LogP contribution in [0.15, 0.2) is 83.9 Å². The Kier molecular flexibility index (Phi) is 4.85. The minimum absolute atomic E-state index is 0.00309. The Bertz CT molecular complexity index is 1070. The van der Waals surface area contributed by atoms with E-state index in [9.17, 15) is 9.59 Å². The molecule has 4 nitrogen and oxygen atoms in total. The third-order valence-electron chi connectivity index (χ3n) is 4.81. The topological polar surface area (TPSA) is 49.7 Å². The Labute approximate surface area is 164 Å². The zero-order valence-corrected chi connectivity index (χ0v) is 15.6. The highest BCUT2D eigenvalue weighted by atomic mass is 16.2. The minimum atomic E-state index is -0.181. The van der Waals surface area contributed by atoms with Crippen molar-refractivity contribution in [1.82, 2.24) is 0 Å². The molecule has 0 fully saturated rings. The predicted octanol–water partition coefficient (Wildman–Crippen LogP) is 4.06. The number of rotatable bonds is 4. The number of carbonyl (C=O) groups is 2. The van der Waals surface area contributed by atoms with Crippen molar-refractivity contribution < 1.29 is 9.59 Å². The first-order chi connectivity index (χ1) is 13.6. The van der Waals surface area contributed by atoms with Gasteiger partial charge in [-0.3, -0.25) is 14.6 Å². The number of nitrogens with zero attached hydrogens (tertiary/aromatic N) is 2. The van der Waals surface area contributed by atoms with Gasteiger partial charge in [-0.25, -0.2) is 0 Å². The van der Waals surface area contributed by atoms with Crippen LogP contribution in [0.1, 0.15) is 27.0 Å². The molecule has 1 aliphatic heterocycles. The van der Waals surface area contributed by atoms with Gasteiger partial charge in [0.15, 0.2) is 5.78 Å². The molecule has 3 aromatic rings. The Morgan fingerprint density at radius 3 is 2.50 bits per heavy atom. The quantitative estimate of drug-likeness (QED) is 0.652. The van der Waals surface area contributed by atoms with E-state index >= 15 is 0 Å². The van der Waals surface area contributed by atoms with Gasteiger partial charge in [0.2, 0.25) is 5.91 Å². The number of hydrogen-bond acceptors (Lipinski definition) is 3. The van der Waals surface area contributed by atoms with Crippen LogP contribution >= 0.6 is 0 Å². The van der Waals surface area contributed by atoms with Crippen molar-refractivity contribution >= 4 is 23.1 Å². The van der Waals surface area contributed by atoms with Crippen LogP contribution in [0.25, 0.3) is 0 Å². The zero-order chi connectivity index (χ0) is 19.5. The van der Waals surface area contributed by atoms with E-state index in [4.69, 9.17) is 0 Å². The average Bonchev–Trinajstić information content (AvgIpc) is 2.86. The third kappa shape index (κ3) is 3.49. The molecule has 0 spiro atoms. The molecule has 0 N–H and O–H groups in total. The standard InChI is InChI=1S/C24H20N2O2/c1-17-8-7-11-19(14-17)22(27)16-26-21-13-6-5-12-20(21)24(25-15-23(26)28)18-9-3-2-4-10-18/h2-14H,15-16H2,1H3. The van der Waals surface area contributed by atoms with Gasteiger partial charge < -0.3 is 4.90 Å². The van der Waals surface area contributed by atoms with Crippen LogP contribution in [0.5, 0.6) is 0 Å². The Morgan fingerprint density at radius 1 is 0.964 bits per heavy atom. The van der Waals surface area contributed by atoms with Gasteiger partial charge >= 0.3 is 0 Å². The molecular weight excluding hydrogens is 348 g/mol. The number of aryl methyl sites for hydroxylation is 1. The fourth-order valence-electron chi connectivity index (χ4n) is 3.43. The molecule has 0 saturated heterocycles. The van der Waals surface area contributed by atoms with Gasteiger partial charge in [-0.15, -0.1) is 0 Å². The van der Waals surface area contributed by atoms with Gasteiger partial charge in [-0.05, 0) is 19.1 Å². The number of Topliss-reactive ketones (excluding diaryl/α,β-unsaturated/α-hetero) is 1. The Hall–Kier alpha value is -3.53. The summed E-state index contributed by atoms with van der Waals surface area (Å²) in [5, 5.41) is 0. The maximum absolute atomic E-state index is 12.9. The number of fused-ring (bicyclic) bond motifs is 1. The second kappa shape index (κ2) is 7.61.